The van der Waals surface area contributed by atoms with Crippen LogP contribution in [0.5, 0.6) is 0 Å². The minimum atomic E-state index is 0.00268. The molecule has 0 fully saturated rings. The van der Waals surface area contributed by atoms with E-state index in [1.807, 2.05) is 29.0 Å². The number of rotatable bonds is 2. The van der Waals surface area contributed by atoms with Crippen molar-refractivity contribution in [1.29, 1.82) is 0 Å². The third-order valence-electron chi connectivity index (χ3n) is 4.49. The minimum absolute atomic E-state index is 0.00268. The third kappa shape index (κ3) is 2.91. The monoisotopic (exact) mass is 321 g/mol. The van der Waals surface area contributed by atoms with Gasteiger partial charge in [0.15, 0.2) is 0 Å². The highest BCUT2D eigenvalue weighted by molar-refractivity contribution is 5.46. The van der Waals surface area contributed by atoms with Gasteiger partial charge in [0.2, 0.25) is 0 Å². The Balaban J connectivity index is 1.52. The smallest absolute Gasteiger partial charge is 0.133 e. The number of fused-ring (bicyclic) bond motifs is 2. The first-order valence-corrected chi connectivity index (χ1v) is 8.50. The molecule has 124 valence electrons. The van der Waals surface area contributed by atoms with Gasteiger partial charge in [-0.25, -0.2) is 14.5 Å². The molecule has 5 nitrogen and oxygen atoms in total. The molecular formula is C19H23N5. The summed E-state index contributed by atoms with van der Waals surface area (Å²) in [7, 11) is 0. The summed E-state index contributed by atoms with van der Waals surface area (Å²) in [5, 5.41) is 4.65. The van der Waals surface area contributed by atoms with Gasteiger partial charge in [0.1, 0.15) is 5.82 Å². The van der Waals surface area contributed by atoms with Crippen LogP contribution in [0.2, 0.25) is 0 Å². The van der Waals surface area contributed by atoms with E-state index in [0.717, 1.165) is 43.1 Å². The molecule has 0 unspecified atom stereocenters. The Kier molecular flexibility index (Phi) is 3.61. The minimum Gasteiger partial charge on any atom is -0.293 e. The summed E-state index contributed by atoms with van der Waals surface area (Å²) in [4.78, 5) is 11.8. The molecule has 0 amide bonds. The largest absolute Gasteiger partial charge is 0.293 e. The molecule has 1 aliphatic rings. The molecule has 0 radical (unpaired) electrons. The van der Waals surface area contributed by atoms with Crippen LogP contribution >= 0.6 is 0 Å². The van der Waals surface area contributed by atoms with Gasteiger partial charge in [-0.05, 0) is 18.2 Å². The molecule has 0 N–H and O–H groups in total. The standard InChI is InChI=1S/C19H23N5/c1-19(2,3)18-20-11-14-12-23(9-7-17(14)21-18)13-15-10-16-6-4-5-8-24(16)22-15/h4-6,8,10-11H,7,9,12-13H2,1-3H3. The summed E-state index contributed by atoms with van der Waals surface area (Å²) in [5.74, 6) is 0.940. The van der Waals surface area contributed by atoms with Crippen molar-refractivity contribution in [1.82, 2.24) is 24.5 Å². The molecule has 0 spiro atoms. The lowest BCUT2D eigenvalue weighted by Gasteiger charge is -2.28. The quantitative estimate of drug-likeness (QED) is 0.728. The zero-order valence-electron chi connectivity index (χ0n) is 14.5. The zero-order valence-corrected chi connectivity index (χ0v) is 14.5. The molecule has 3 aromatic rings. The maximum atomic E-state index is 4.80. The Morgan fingerprint density at radius 1 is 1.21 bits per heavy atom. The molecule has 0 saturated carbocycles. The van der Waals surface area contributed by atoms with E-state index in [1.165, 1.54) is 11.3 Å². The Labute approximate surface area is 142 Å². The van der Waals surface area contributed by atoms with Crippen molar-refractivity contribution in [3.05, 3.63) is 59.4 Å². The van der Waals surface area contributed by atoms with Crippen molar-refractivity contribution < 1.29 is 0 Å². The highest BCUT2D eigenvalue weighted by Gasteiger charge is 2.23. The summed E-state index contributed by atoms with van der Waals surface area (Å²) in [5.41, 5.74) is 4.71. The van der Waals surface area contributed by atoms with Crippen LogP contribution in [-0.2, 0) is 24.9 Å². The van der Waals surface area contributed by atoms with Crippen LogP contribution in [0.4, 0.5) is 0 Å². The van der Waals surface area contributed by atoms with Gasteiger partial charge in [0.05, 0.1) is 11.2 Å². The topological polar surface area (TPSA) is 46.3 Å². The number of aromatic nitrogens is 4. The molecule has 4 heterocycles. The van der Waals surface area contributed by atoms with Gasteiger partial charge in [0.25, 0.3) is 0 Å². The lowest BCUT2D eigenvalue weighted by atomic mass is 9.95. The highest BCUT2D eigenvalue weighted by atomic mass is 15.2. The first-order chi connectivity index (χ1) is 11.5. The van der Waals surface area contributed by atoms with E-state index in [2.05, 4.69) is 47.9 Å². The molecule has 3 aromatic heterocycles. The Bertz CT molecular complexity index is 842. The second-order valence-electron chi connectivity index (χ2n) is 7.58. The second kappa shape index (κ2) is 5.67. The van der Waals surface area contributed by atoms with Crippen LogP contribution in [0.15, 0.2) is 36.7 Å². The summed E-state index contributed by atoms with van der Waals surface area (Å²) >= 11 is 0. The van der Waals surface area contributed by atoms with E-state index >= 15 is 0 Å². The van der Waals surface area contributed by atoms with Crippen molar-refractivity contribution in [3.63, 3.8) is 0 Å². The SMILES string of the molecule is CC(C)(C)c1ncc2c(n1)CCN(Cc1cc3ccccn3n1)C2. The van der Waals surface area contributed by atoms with Crippen molar-refractivity contribution in [2.45, 2.75) is 45.7 Å². The van der Waals surface area contributed by atoms with Gasteiger partial charge in [-0.3, -0.25) is 4.90 Å². The molecular weight excluding hydrogens is 298 g/mol. The summed E-state index contributed by atoms with van der Waals surface area (Å²) in [6.07, 6.45) is 4.99. The van der Waals surface area contributed by atoms with Gasteiger partial charge in [-0.1, -0.05) is 26.8 Å². The Hall–Kier alpha value is -2.27. The van der Waals surface area contributed by atoms with Crippen molar-refractivity contribution in [3.8, 4) is 0 Å². The fourth-order valence-corrected chi connectivity index (χ4v) is 3.17. The van der Waals surface area contributed by atoms with Gasteiger partial charge < -0.3 is 0 Å². The van der Waals surface area contributed by atoms with Crippen LogP contribution < -0.4 is 0 Å². The van der Waals surface area contributed by atoms with E-state index in [9.17, 15) is 0 Å². The number of hydrogen-bond donors (Lipinski definition) is 0. The van der Waals surface area contributed by atoms with Crippen molar-refractivity contribution >= 4 is 5.52 Å². The second-order valence-corrected chi connectivity index (χ2v) is 7.58. The normalized spacial score (nSPS) is 15.6. The van der Waals surface area contributed by atoms with E-state index in [1.54, 1.807) is 0 Å². The van der Waals surface area contributed by atoms with Gasteiger partial charge in [-0.2, -0.15) is 5.10 Å². The van der Waals surface area contributed by atoms with Gasteiger partial charge in [-0.15, -0.1) is 0 Å². The lowest BCUT2D eigenvalue weighted by molar-refractivity contribution is 0.239. The molecule has 0 aliphatic carbocycles. The predicted octanol–water partition coefficient (Wildman–Crippen LogP) is 2.98. The van der Waals surface area contributed by atoms with Crippen molar-refractivity contribution in [2.24, 2.45) is 0 Å². The van der Waals surface area contributed by atoms with E-state index < -0.39 is 0 Å². The van der Waals surface area contributed by atoms with Crippen LogP contribution in [-0.4, -0.2) is 31.0 Å². The van der Waals surface area contributed by atoms with Crippen LogP contribution in [0.1, 0.15) is 43.5 Å². The first kappa shape index (κ1) is 15.3. The van der Waals surface area contributed by atoms with E-state index in [-0.39, 0.29) is 5.41 Å². The lowest BCUT2D eigenvalue weighted by Crippen LogP contribution is -2.32. The zero-order chi connectivity index (χ0) is 16.7. The summed E-state index contributed by atoms with van der Waals surface area (Å²) in [6.45, 7) is 9.25. The Morgan fingerprint density at radius 3 is 2.88 bits per heavy atom. The average Bonchev–Trinajstić information content (AvgIpc) is 2.95. The molecule has 4 rings (SSSR count). The molecule has 1 aliphatic heterocycles. The molecule has 0 atom stereocenters. The van der Waals surface area contributed by atoms with Crippen molar-refractivity contribution in [2.75, 3.05) is 6.54 Å². The van der Waals surface area contributed by atoms with Crippen LogP contribution in [0, 0.1) is 0 Å². The third-order valence-corrected chi connectivity index (χ3v) is 4.49. The maximum absolute atomic E-state index is 4.80. The molecule has 24 heavy (non-hydrogen) atoms. The van der Waals surface area contributed by atoms with Crippen LogP contribution in [0.25, 0.3) is 5.52 Å². The Morgan fingerprint density at radius 2 is 2.08 bits per heavy atom. The molecule has 0 bridgehead atoms. The fourth-order valence-electron chi connectivity index (χ4n) is 3.17. The molecule has 0 aromatic carbocycles. The average molecular weight is 321 g/mol. The summed E-state index contributed by atoms with van der Waals surface area (Å²) in [6, 6.07) is 8.30. The number of nitrogens with zero attached hydrogens (tertiary/aromatic N) is 5. The van der Waals surface area contributed by atoms with Crippen LogP contribution in [0.3, 0.4) is 0 Å². The maximum Gasteiger partial charge on any atom is 0.133 e. The molecule has 5 heteroatoms. The molecule has 0 saturated heterocycles. The number of pyridine rings is 1. The van der Waals surface area contributed by atoms with E-state index in [0.29, 0.717) is 0 Å². The summed E-state index contributed by atoms with van der Waals surface area (Å²) < 4.78 is 1.94. The fraction of sp³-hybridized carbons (Fsp3) is 0.421. The predicted molar refractivity (Wildman–Crippen MR) is 93.7 cm³/mol. The number of hydrogen-bond acceptors (Lipinski definition) is 4. The van der Waals surface area contributed by atoms with E-state index in [4.69, 9.17) is 4.98 Å². The first-order valence-electron chi connectivity index (χ1n) is 8.50. The highest BCUT2D eigenvalue weighted by Crippen LogP contribution is 2.23. The van der Waals surface area contributed by atoms with Gasteiger partial charge in [0, 0.05) is 55.1 Å². The van der Waals surface area contributed by atoms with Gasteiger partial charge >= 0.3 is 0 Å².